The molecule has 6 rings (SSSR count). The lowest BCUT2D eigenvalue weighted by Crippen LogP contribution is -2.43. The molecule has 0 atom stereocenters. The van der Waals surface area contributed by atoms with Gasteiger partial charge in [0.05, 0.1) is 6.54 Å². The van der Waals surface area contributed by atoms with Gasteiger partial charge in [0.25, 0.3) is 5.91 Å². The van der Waals surface area contributed by atoms with E-state index in [-0.39, 0.29) is 44.6 Å². The Labute approximate surface area is 253 Å². The molecule has 0 spiro atoms. The van der Waals surface area contributed by atoms with Gasteiger partial charge in [-0.2, -0.15) is 18.3 Å². The van der Waals surface area contributed by atoms with Crippen molar-refractivity contribution >= 4 is 11.8 Å². The number of hydrogen-bond acceptors (Lipinski definition) is 5. The summed E-state index contributed by atoms with van der Waals surface area (Å²) in [5.41, 5.74) is 3.74. The number of pyridine rings is 1. The molecule has 1 fully saturated rings. The lowest BCUT2D eigenvalue weighted by atomic mass is 9.98. The number of carbonyl (C=O) groups excluding carboxylic acids is 2. The maximum atomic E-state index is 13.6. The van der Waals surface area contributed by atoms with E-state index in [4.69, 9.17) is 4.74 Å². The van der Waals surface area contributed by atoms with E-state index >= 15 is 0 Å². The highest BCUT2D eigenvalue weighted by Crippen LogP contribution is 2.42. The highest BCUT2D eigenvalue weighted by atomic mass is 19.4. The first-order chi connectivity index (χ1) is 21.2. The normalized spacial score (nSPS) is 16.2. The Morgan fingerprint density at radius 3 is 2.55 bits per heavy atom. The predicted octanol–water partition coefficient (Wildman–Crippen LogP) is 5.43. The minimum Gasteiger partial charge on any atom is -0.491 e. The SMILES string of the molecule is CN1CCN(C(=O)Cn2nc(C(F)(F)F)cc2C2CC2)CCOc2ccc(-c3cccnc3)cc2Cc2cccc(c2)C1=O. The van der Waals surface area contributed by atoms with Crippen molar-refractivity contribution < 1.29 is 27.5 Å². The molecule has 2 aromatic heterocycles. The fraction of sp³-hybridized carbons (Fsp3) is 0.333. The van der Waals surface area contributed by atoms with Gasteiger partial charge in [0, 0.05) is 61.7 Å². The average Bonchev–Trinajstić information content (AvgIpc) is 3.77. The van der Waals surface area contributed by atoms with Crippen molar-refractivity contribution in [2.45, 2.75) is 37.9 Å². The minimum atomic E-state index is -4.60. The Morgan fingerprint density at radius 2 is 1.80 bits per heavy atom. The molecule has 228 valence electrons. The van der Waals surface area contributed by atoms with Crippen LogP contribution in [-0.2, 0) is 23.9 Å². The molecule has 1 aliphatic carbocycles. The van der Waals surface area contributed by atoms with Crippen molar-refractivity contribution in [3.05, 3.63) is 101 Å². The minimum absolute atomic E-state index is 0.0266. The van der Waals surface area contributed by atoms with Crippen LogP contribution in [-0.4, -0.2) is 69.7 Å². The van der Waals surface area contributed by atoms with Gasteiger partial charge >= 0.3 is 6.18 Å². The van der Waals surface area contributed by atoms with Gasteiger partial charge in [-0.1, -0.05) is 24.3 Å². The number of nitrogens with zero attached hydrogens (tertiary/aromatic N) is 5. The van der Waals surface area contributed by atoms with E-state index in [1.54, 1.807) is 30.4 Å². The molecular formula is C33H32F3N5O3. The maximum Gasteiger partial charge on any atom is 0.435 e. The third-order valence-corrected chi connectivity index (χ3v) is 8.03. The van der Waals surface area contributed by atoms with E-state index in [1.807, 2.05) is 48.5 Å². The zero-order valence-corrected chi connectivity index (χ0v) is 24.3. The number of rotatable bonds is 4. The molecule has 0 N–H and O–H groups in total. The quantitative estimate of drug-likeness (QED) is 0.311. The van der Waals surface area contributed by atoms with E-state index in [9.17, 15) is 22.8 Å². The van der Waals surface area contributed by atoms with Gasteiger partial charge in [-0.3, -0.25) is 19.3 Å². The molecule has 0 saturated heterocycles. The summed E-state index contributed by atoms with van der Waals surface area (Å²) in [5, 5.41) is 3.75. The van der Waals surface area contributed by atoms with Crippen LogP contribution in [0.3, 0.4) is 0 Å². The van der Waals surface area contributed by atoms with Crippen molar-refractivity contribution in [3.8, 4) is 16.9 Å². The summed E-state index contributed by atoms with van der Waals surface area (Å²) in [6.07, 6.45) is 0.960. The Morgan fingerprint density at radius 1 is 0.977 bits per heavy atom. The molecule has 0 radical (unpaired) electrons. The molecule has 0 unspecified atom stereocenters. The van der Waals surface area contributed by atoms with Gasteiger partial charge in [-0.05, 0) is 65.9 Å². The summed E-state index contributed by atoms with van der Waals surface area (Å²) in [6.45, 7) is 0.436. The van der Waals surface area contributed by atoms with Gasteiger partial charge in [0.1, 0.15) is 18.9 Å². The molecule has 44 heavy (non-hydrogen) atoms. The number of alkyl halides is 3. The third-order valence-electron chi connectivity index (χ3n) is 8.03. The van der Waals surface area contributed by atoms with E-state index in [1.165, 1.54) is 9.58 Å². The van der Waals surface area contributed by atoms with E-state index < -0.39 is 17.8 Å². The Balaban J connectivity index is 1.28. The predicted molar refractivity (Wildman–Crippen MR) is 157 cm³/mol. The van der Waals surface area contributed by atoms with Crippen LogP contribution in [0.15, 0.2) is 73.1 Å². The molecule has 2 bridgehead atoms. The monoisotopic (exact) mass is 603 g/mol. The first-order valence-corrected chi connectivity index (χ1v) is 14.6. The van der Waals surface area contributed by atoms with Gasteiger partial charge < -0.3 is 14.5 Å². The molecule has 1 aliphatic heterocycles. The van der Waals surface area contributed by atoms with Crippen LogP contribution < -0.4 is 4.74 Å². The van der Waals surface area contributed by atoms with Crippen LogP contribution in [0.2, 0.25) is 0 Å². The van der Waals surface area contributed by atoms with Crippen LogP contribution in [0.5, 0.6) is 5.75 Å². The summed E-state index contributed by atoms with van der Waals surface area (Å²) in [4.78, 5) is 34.2. The molecule has 11 heteroatoms. The molecule has 8 nitrogen and oxygen atoms in total. The summed E-state index contributed by atoms with van der Waals surface area (Å²) in [6, 6.07) is 18.2. The number of halogens is 3. The zero-order valence-electron chi connectivity index (χ0n) is 24.3. The summed E-state index contributed by atoms with van der Waals surface area (Å²) in [7, 11) is 1.67. The number of benzene rings is 2. The topological polar surface area (TPSA) is 80.6 Å². The molecule has 1 saturated carbocycles. The lowest BCUT2D eigenvalue weighted by Gasteiger charge is -2.27. The number of fused-ring (bicyclic) bond motifs is 3. The number of likely N-dealkylation sites (N-methyl/N-ethyl adjacent to an activating group) is 1. The van der Waals surface area contributed by atoms with Gasteiger partial charge in [-0.25, -0.2) is 0 Å². The van der Waals surface area contributed by atoms with Crippen LogP contribution in [0.25, 0.3) is 11.1 Å². The third kappa shape index (κ3) is 6.61. The lowest BCUT2D eigenvalue weighted by molar-refractivity contribution is -0.142. The summed E-state index contributed by atoms with van der Waals surface area (Å²) >= 11 is 0. The second-order valence-corrected chi connectivity index (χ2v) is 11.3. The van der Waals surface area contributed by atoms with Gasteiger partial charge in [0.2, 0.25) is 5.91 Å². The first kappa shape index (κ1) is 29.4. The van der Waals surface area contributed by atoms with Crippen molar-refractivity contribution in [2.75, 3.05) is 33.3 Å². The van der Waals surface area contributed by atoms with E-state index in [0.29, 0.717) is 23.4 Å². The van der Waals surface area contributed by atoms with Crippen molar-refractivity contribution in [1.29, 1.82) is 0 Å². The molecular weight excluding hydrogens is 571 g/mol. The van der Waals surface area contributed by atoms with Crippen LogP contribution in [0.4, 0.5) is 13.2 Å². The number of hydrogen-bond donors (Lipinski definition) is 0. The van der Waals surface area contributed by atoms with Crippen LogP contribution in [0.1, 0.15) is 51.6 Å². The Kier molecular flexibility index (Phi) is 8.11. The molecule has 3 heterocycles. The molecule has 4 aromatic rings. The Hall–Kier alpha value is -4.67. The molecule has 2 aromatic carbocycles. The highest BCUT2D eigenvalue weighted by Gasteiger charge is 2.38. The fourth-order valence-corrected chi connectivity index (χ4v) is 5.46. The first-order valence-electron chi connectivity index (χ1n) is 14.6. The second-order valence-electron chi connectivity index (χ2n) is 11.3. The standard InChI is InChI=1S/C33H32F3N5O3/c1-39-12-13-40(31(42)21-41-28(23-7-8-23)19-30(38-41)33(34,35)36)14-15-44-29-10-9-24(26-6-3-11-37-20-26)18-27(29)17-22-4-2-5-25(16-22)32(39)43/h2-6,9-11,16,18-20,23H,7-8,12-15,17,21H2,1H3. The van der Waals surface area contributed by atoms with Crippen molar-refractivity contribution in [3.63, 3.8) is 0 Å². The summed E-state index contributed by atoms with van der Waals surface area (Å²) < 4.78 is 47.7. The van der Waals surface area contributed by atoms with Crippen LogP contribution in [0, 0.1) is 0 Å². The highest BCUT2D eigenvalue weighted by molar-refractivity contribution is 5.94. The largest absolute Gasteiger partial charge is 0.491 e. The number of ether oxygens (including phenoxy) is 1. The maximum absolute atomic E-state index is 13.6. The Bertz CT molecular complexity index is 1670. The molecule has 2 aliphatic rings. The second kappa shape index (κ2) is 12.1. The van der Waals surface area contributed by atoms with Gasteiger partial charge in [0.15, 0.2) is 5.69 Å². The van der Waals surface area contributed by atoms with E-state index in [2.05, 4.69) is 10.1 Å². The number of amides is 2. The molecule has 2 amide bonds. The fourth-order valence-electron chi connectivity index (χ4n) is 5.46. The number of carbonyl (C=O) groups is 2. The summed E-state index contributed by atoms with van der Waals surface area (Å²) in [5.74, 6) is 0.0411. The smallest absolute Gasteiger partial charge is 0.435 e. The zero-order chi connectivity index (χ0) is 30.8. The van der Waals surface area contributed by atoms with Gasteiger partial charge in [-0.15, -0.1) is 0 Å². The average molecular weight is 604 g/mol. The number of aromatic nitrogens is 3. The van der Waals surface area contributed by atoms with Crippen LogP contribution >= 0.6 is 0 Å². The van der Waals surface area contributed by atoms with Crippen molar-refractivity contribution in [1.82, 2.24) is 24.6 Å². The van der Waals surface area contributed by atoms with E-state index in [0.717, 1.165) is 41.2 Å². The van der Waals surface area contributed by atoms with Crippen molar-refractivity contribution in [2.24, 2.45) is 0 Å².